The minimum Gasteiger partial charge on any atom is -0.0845 e. The van der Waals surface area contributed by atoms with E-state index in [2.05, 4.69) is 43.4 Å². The number of rotatable bonds is 1. The van der Waals surface area contributed by atoms with E-state index in [0.29, 0.717) is 0 Å². The van der Waals surface area contributed by atoms with Crippen LogP contribution in [0.2, 0.25) is 0 Å². The van der Waals surface area contributed by atoms with Crippen LogP contribution in [0.15, 0.2) is 47.6 Å². The molecule has 0 amide bonds. The number of allylic oxidation sites excluding steroid dienone is 8. The number of hydrogen-bond donors (Lipinski definition) is 0. The Kier molecular flexibility index (Phi) is 3.60. The molecule has 0 saturated heterocycles. The highest BCUT2D eigenvalue weighted by Crippen LogP contribution is 2.30. The third-order valence-corrected chi connectivity index (χ3v) is 3.33. The lowest BCUT2D eigenvalue weighted by Crippen LogP contribution is -2.01. The molecule has 0 aromatic rings. The van der Waals surface area contributed by atoms with Gasteiger partial charge in [-0.15, -0.1) is 0 Å². The Labute approximate surface area is 93.1 Å². The summed E-state index contributed by atoms with van der Waals surface area (Å²) in [5.74, 6) is 0.720. The van der Waals surface area contributed by atoms with E-state index in [1.165, 1.54) is 32.1 Å². The minimum atomic E-state index is 0.720. The van der Waals surface area contributed by atoms with E-state index in [1.54, 1.807) is 11.1 Å². The average molecular weight is 200 g/mol. The Morgan fingerprint density at radius 3 is 2.80 bits per heavy atom. The molecule has 0 fully saturated rings. The molecule has 0 saturated carbocycles. The van der Waals surface area contributed by atoms with Crippen molar-refractivity contribution in [1.82, 2.24) is 0 Å². The molecule has 0 N–H and O–H groups in total. The summed E-state index contributed by atoms with van der Waals surface area (Å²) in [6.45, 7) is 2.36. The summed E-state index contributed by atoms with van der Waals surface area (Å²) in [5.41, 5.74) is 3.12. The molecular weight excluding hydrogens is 180 g/mol. The van der Waals surface area contributed by atoms with Gasteiger partial charge >= 0.3 is 0 Å². The molecule has 0 aromatic heterocycles. The van der Waals surface area contributed by atoms with Crippen LogP contribution in [-0.2, 0) is 0 Å². The lowest BCUT2D eigenvalue weighted by molar-refractivity contribution is 0.624. The largest absolute Gasteiger partial charge is 0.0845 e. The van der Waals surface area contributed by atoms with E-state index in [1.807, 2.05) is 0 Å². The summed E-state index contributed by atoms with van der Waals surface area (Å²) >= 11 is 0. The van der Waals surface area contributed by atoms with Crippen molar-refractivity contribution in [3.05, 3.63) is 47.6 Å². The monoisotopic (exact) mass is 200 g/mol. The van der Waals surface area contributed by atoms with Gasteiger partial charge in [-0.3, -0.25) is 0 Å². The average Bonchev–Trinajstić information content (AvgIpc) is 2.59. The van der Waals surface area contributed by atoms with Crippen LogP contribution >= 0.6 is 0 Å². The van der Waals surface area contributed by atoms with Crippen LogP contribution in [0.25, 0.3) is 0 Å². The molecule has 2 rings (SSSR count). The van der Waals surface area contributed by atoms with Gasteiger partial charge < -0.3 is 0 Å². The molecule has 0 aromatic carbocycles. The van der Waals surface area contributed by atoms with Crippen LogP contribution in [0.3, 0.4) is 0 Å². The fourth-order valence-corrected chi connectivity index (χ4v) is 2.37. The maximum absolute atomic E-state index is 2.36. The molecule has 2 aliphatic carbocycles. The molecule has 80 valence electrons. The third kappa shape index (κ3) is 2.71. The molecule has 0 heterocycles. The highest BCUT2D eigenvalue weighted by molar-refractivity contribution is 5.39. The summed E-state index contributed by atoms with van der Waals surface area (Å²) in [5, 5.41) is 0. The van der Waals surface area contributed by atoms with Crippen molar-refractivity contribution in [2.24, 2.45) is 5.92 Å². The first kappa shape index (κ1) is 10.5. The smallest absolute Gasteiger partial charge is 0.0185 e. The van der Waals surface area contributed by atoms with Gasteiger partial charge in [0, 0.05) is 0 Å². The Hall–Kier alpha value is -1.04. The maximum atomic E-state index is 2.36. The summed E-state index contributed by atoms with van der Waals surface area (Å²) in [4.78, 5) is 0. The van der Waals surface area contributed by atoms with Gasteiger partial charge in [0.1, 0.15) is 0 Å². The quantitative estimate of drug-likeness (QED) is 0.582. The van der Waals surface area contributed by atoms with E-state index in [-0.39, 0.29) is 0 Å². The van der Waals surface area contributed by atoms with Crippen LogP contribution in [0.1, 0.15) is 39.0 Å². The van der Waals surface area contributed by atoms with Gasteiger partial charge in [0.05, 0.1) is 0 Å². The van der Waals surface area contributed by atoms with Crippen molar-refractivity contribution in [3.8, 4) is 0 Å². The van der Waals surface area contributed by atoms with Crippen LogP contribution in [0, 0.1) is 5.92 Å². The van der Waals surface area contributed by atoms with Crippen LogP contribution in [0.5, 0.6) is 0 Å². The Bertz CT molecular complexity index is 326. The fourth-order valence-electron chi connectivity index (χ4n) is 2.37. The minimum absolute atomic E-state index is 0.720. The predicted molar refractivity (Wildman–Crippen MR) is 66.7 cm³/mol. The van der Waals surface area contributed by atoms with E-state index < -0.39 is 0 Å². The highest BCUT2D eigenvalue weighted by Gasteiger charge is 2.13. The van der Waals surface area contributed by atoms with Crippen molar-refractivity contribution < 1.29 is 0 Å². The summed E-state index contributed by atoms with van der Waals surface area (Å²) in [7, 11) is 0. The molecular formula is C15H20. The molecule has 15 heavy (non-hydrogen) atoms. The van der Waals surface area contributed by atoms with Gasteiger partial charge in [-0.05, 0) is 49.2 Å². The molecule has 0 bridgehead atoms. The predicted octanol–water partition coefficient (Wildman–Crippen LogP) is 4.57. The normalized spacial score (nSPS) is 26.6. The van der Waals surface area contributed by atoms with Crippen molar-refractivity contribution in [2.75, 3.05) is 0 Å². The van der Waals surface area contributed by atoms with Gasteiger partial charge in [-0.25, -0.2) is 0 Å². The zero-order chi connectivity index (χ0) is 10.5. The fraction of sp³-hybridized carbons (Fsp3) is 0.467. The van der Waals surface area contributed by atoms with Crippen LogP contribution in [-0.4, -0.2) is 0 Å². The van der Waals surface area contributed by atoms with Crippen molar-refractivity contribution in [1.29, 1.82) is 0 Å². The Balaban J connectivity index is 2.20. The Morgan fingerprint density at radius 2 is 1.87 bits per heavy atom. The first-order valence-corrected chi connectivity index (χ1v) is 6.11. The second-order valence-corrected chi connectivity index (χ2v) is 4.54. The van der Waals surface area contributed by atoms with Gasteiger partial charge in [-0.2, -0.15) is 0 Å². The maximum Gasteiger partial charge on any atom is -0.0185 e. The molecule has 0 heteroatoms. The SMILES string of the molecule is CC1CCC=CC=C1C1=CC=CCCC1. The molecule has 1 unspecified atom stereocenters. The second-order valence-electron chi connectivity index (χ2n) is 4.54. The van der Waals surface area contributed by atoms with Crippen molar-refractivity contribution in [2.45, 2.75) is 39.0 Å². The van der Waals surface area contributed by atoms with Crippen molar-refractivity contribution >= 4 is 0 Å². The lowest BCUT2D eigenvalue weighted by atomic mass is 9.89. The molecule has 1 atom stereocenters. The zero-order valence-electron chi connectivity index (χ0n) is 9.58. The van der Waals surface area contributed by atoms with Crippen LogP contribution in [0.4, 0.5) is 0 Å². The van der Waals surface area contributed by atoms with Gasteiger partial charge in [0.25, 0.3) is 0 Å². The second kappa shape index (κ2) is 5.16. The zero-order valence-corrected chi connectivity index (χ0v) is 9.58. The molecule has 0 radical (unpaired) electrons. The van der Waals surface area contributed by atoms with E-state index >= 15 is 0 Å². The van der Waals surface area contributed by atoms with E-state index in [4.69, 9.17) is 0 Å². The third-order valence-electron chi connectivity index (χ3n) is 3.33. The molecule has 0 nitrogen and oxygen atoms in total. The number of hydrogen-bond acceptors (Lipinski definition) is 0. The van der Waals surface area contributed by atoms with Crippen molar-refractivity contribution in [3.63, 3.8) is 0 Å². The summed E-state index contributed by atoms with van der Waals surface area (Å²) in [6.07, 6.45) is 20.0. The van der Waals surface area contributed by atoms with Gasteiger partial charge in [0.15, 0.2) is 0 Å². The van der Waals surface area contributed by atoms with E-state index in [9.17, 15) is 0 Å². The topological polar surface area (TPSA) is 0 Å². The standard InChI is InChI=1S/C15H20/c1-13-9-5-4-8-12-15(13)14-10-6-2-3-7-11-14/h2,4,6,8,10,12-13H,3,5,7,9,11H2,1H3. The first-order chi connectivity index (χ1) is 7.38. The highest BCUT2D eigenvalue weighted by atomic mass is 14.2. The van der Waals surface area contributed by atoms with Gasteiger partial charge in [-0.1, -0.05) is 43.4 Å². The van der Waals surface area contributed by atoms with E-state index in [0.717, 1.165) is 5.92 Å². The first-order valence-electron chi connectivity index (χ1n) is 6.11. The molecule has 0 spiro atoms. The summed E-state index contributed by atoms with van der Waals surface area (Å²) < 4.78 is 0. The molecule has 2 aliphatic rings. The summed E-state index contributed by atoms with van der Waals surface area (Å²) in [6, 6.07) is 0. The Morgan fingerprint density at radius 1 is 1.07 bits per heavy atom. The lowest BCUT2D eigenvalue weighted by Gasteiger charge is -2.16. The van der Waals surface area contributed by atoms with Crippen LogP contribution < -0.4 is 0 Å². The van der Waals surface area contributed by atoms with Gasteiger partial charge in [0.2, 0.25) is 0 Å². The molecule has 0 aliphatic heterocycles.